The molecule has 0 aliphatic rings. The number of halogens is 1. The largest absolute Gasteiger partial charge is 0.298 e. The number of carbonyl (C=O) groups is 1. The third-order valence-corrected chi connectivity index (χ3v) is 2.58. The summed E-state index contributed by atoms with van der Waals surface area (Å²) in [6.45, 7) is 0. The molecule has 0 bridgehead atoms. The molecule has 0 N–H and O–H groups in total. The summed E-state index contributed by atoms with van der Waals surface area (Å²) in [7, 11) is 0. The van der Waals surface area contributed by atoms with Gasteiger partial charge in [0.15, 0.2) is 6.29 Å². The lowest BCUT2D eigenvalue weighted by molar-refractivity contribution is 0.112. The van der Waals surface area contributed by atoms with Crippen LogP contribution in [0.5, 0.6) is 0 Å². The van der Waals surface area contributed by atoms with E-state index in [0.29, 0.717) is 6.29 Å². The summed E-state index contributed by atoms with van der Waals surface area (Å²) >= 11 is 1.46. The van der Waals surface area contributed by atoms with Gasteiger partial charge in [-0.3, -0.25) is 4.79 Å². The Bertz CT molecular complexity index is 433. The Labute approximate surface area is 72.4 Å². The van der Waals surface area contributed by atoms with Crippen LogP contribution in [0.4, 0.5) is 4.39 Å². The van der Waals surface area contributed by atoms with E-state index in [2.05, 4.69) is 0 Å². The monoisotopic (exact) mass is 180 g/mol. The molecule has 1 heterocycles. The maximum atomic E-state index is 13.0. The molecular formula is C9H5FOS. The molecule has 0 unspecified atom stereocenters. The maximum Gasteiger partial charge on any atom is 0.153 e. The number of thiophene rings is 1. The number of rotatable bonds is 1. The molecule has 1 aromatic carbocycles. The van der Waals surface area contributed by atoms with E-state index in [9.17, 15) is 9.18 Å². The Hall–Kier alpha value is -1.22. The Kier molecular flexibility index (Phi) is 1.66. The summed E-state index contributed by atoms with van der Waals surface area (Å²) in [6, 6.07) is 4.82. The molecule has 12 heavy (non-hydrogen) atoms. The van der Waals surface area contributed by atoms with Crippen molar-refractivity contribution in [2.45, 2.75) is 0 Å². The summed E-state index contributed by atoms with van der Waals surface area (Å²) in [4.78, 5) is 10.4. The zero-order valence-corrected chi connectivity index (χ0v) is 6.90. The lowest BCUT2D eigenvalue weighted by Crippen LogP contribution is -1.85. The SMILES string of the molecule is O=Cc1cc2ccsc2cc1F. The van der Waals surface area contributed by atoms with Gasteiger partial charge in [-0.15, -0.1) is 11.3 Å². The van der Waals surface area contributed by atoms with Gasteiger partial charge in [-0.2, -0.15) is 0 Å². The highest BCUT2D eigenvalue weighted by atomic mass is 32.1. The highest BCUT2D eigenvalue weighted by molar-refractivity contribution is 7.17. The van der Waals surface area contributed by atoms with E-state index in [4.69, 9.17) is 0 Å². The van der Waals surface area contributed by atoms with E-state index >= 15 is 0 Å². The Balaban J connectivity index is 2.81. The van der Waals surface area contributed by atoms with Crippen molar-refractivity contribution in [3.8, 4) is 0 Å². The number of hydrogen-bond donors (Lipinski definition) is 0. The lowest BCUT2D eigenvalue weighted by Gasteiger charge is -1.93. The van der Waals surface area contributed by atoms with Crippen molar-refractivity contribution in [2.75, 3.05) is 0 Å². The van der Waals surface area contributed by atoms with E-state index < -0.39 is 5.82 Å². The fraction of sp³-hybridized carbons (Fsp3) is 0. The van der Waals surface area contributed by atoms with Crippen LogP contribution in [-0.2, 0) is 0 Å². The average Bonchev–Trinajstić information content (AvgIpc) is 2.49. The summed E-state index contributed by atoms with van der Waals surface area (Å²) in [5, 5.41) is 2.79. The van der Waals surface area contributed by atoms with Gasteiger partial charge in [0.25, 0.3) is 0 Å². The molecule has 0 aliphatic carbocycles. The van der Waals surface area contributed by atoms with Crippen molar-refractivity contribution in [1.82, 2.24) is 0 Å². The predicted molar refractivity (Wildman–Crippen MR) is 47.2 cm³/mol. The highest BCUT2D eigenvalue weighted by Crippen LogP contribution is 2.23. The van der Waals surface area contributed by atoms with Gasteiger partial charge in [0.05, 0.1) is 5.56 Å². The third kappa shape index (κ3) is 1.02. The molecule has 0 fully saturated rings. The average molecular weight is 180 g/mol. The maximum absolute atomic E-state index is 13.0. The minimum absolute atomic E-state index is 0.126. The predicted octanol–water partition coefficient (Wildman–Crippen LogP) is 2.85. The summed E-state index contributed by atoms with van der Waals surface area (Å²) in [6.07, 6.45) is 0.534. The van der Waals surface area contributed by atoms with Gasteiger partial charge in [0.2, 0.25) is 0 Å². The number of benzene rings is 1. The van der Waals surface area contributed by atoms with Crippen LogP contribution in [0, 0.1) is 5.82 Å². The minimum atomic E-state index is -0.444. The van der Waals surface area contributed by atoms with Gasteiger partial charge >= 0.3 is 0 Å². The van der Waals surface area contributed by atoms with Crippen molar-refractivity contribution < 1.29 is 9.18 Å². The van der Waals surface area contributed by atoms with Gasteiger partial charge in [-0.1, -0.05) is 0 Å². The van der Waals surface area contributed by atoms with Gasteiger partial charge in [0.1, 0.15) is 5.82 Å². The number of fused-ring (bicyclic) bond motifs is 1. The van der Waals surface area contributed by atoms with Crippen LogP contribution >= 0.6 is 11.3 Å². The molecule has 60 valence electrons. The van der Waals surface area contributed by atoms with Gasteiger partial charge in [-0.25, -0.2) is 4.39 Å². The normalized spacial score (nSPS) is 10.4. The van der Waals surface area contributed by atoms with Crippen molar-refractivity contribution in [1.29, 1.82) is 0 Å². The summed E-state index contributed by atoms with van der Waals surface area (Å²) in [5.74, 6) is -0.444. The van der Waals surface area contributed by atoms with Crippen molar-refractivity contribution in [3.63, 3.8) is 0 Å². The molecule has 3 heteroatoms. The van der Waals surface area contributed by atoms with Crippen LogP contribution in [0.15, 0.2) is 23.6 Å². The zero-order valence-electron chi connectivity index (χ0n) is 6.08. The molecule has 0 saturated carbocycles. The molecule has 0 atom stereocenters. The van der Waals surface area contributed by atoms with Crippen LogP contribution in [0.1, 0.15) is 10.4 Å². The molecule has 0 saturated heterocycles. The first-order valence-corrected chi connectivity index (χ1v) is 4.31. The van der Waals surface area contributed by atoms with Crippen molar-refractivity contribution >= 4 is 27.7 Å². The smallest absolute Gasteiger partial charge is 0.153 e. The number of hydrogen-bond acceptors (Lipinski definition) is 2. The van der Waals surface area contributed by atoms with E-state index in [1.807, 2.05) is 11.4 Å². The zero-order chi connectivity index (χ0) is 8.55. The molecule has 1 aromatic heterocycles. The Morgan fingerprint density at radius 2 is 2.25 bits per heavy atom. The highest BCUT2D eigenvalue weighted by Gasteiger charge is 2.03. The summed E-state index contributed by atoms with van der Waals surface area (Å²) < 4.78 is 13.8. The van der Waals surface area contributed by atoms with Crippen LogP contribution < -0.4 is 0 Å². The molecule has 0 spiro atoms. The van der Waals surface area contributed by atoms with E-state index in [0.717, 1.165) is 10.1 Å². The second-order valence-electron chi connectivity index (χ2n) is 2.45. The first-order valence-electron chi connectivity index (χ1n) is 3.43. The van der Waals surface area contributed by atoms with Gasteiger partial charge in [0, 0.05) is 4.70 Å². The third-order valence-electron chi connectivity index (χ3n) is 1.70. The standard InChI is InChI=1S/C9H5FOS/c10-8-4-9-6(1-2-12-9)3-7(8)5-11/h1-5H. The topological polar surface area (TPSA) is 17.1 Å². The first-order chi connectivity index (χ1) is 5.81. The number of aldehydes is 1. The minimum Gasteiger partial charge on any atom is -0.298 e. The van der Waals surface area contributed by atoms with Crippen molar-refractivity contribution in [2.24, 2.45) is 0 Å². The summed E-state index contributed by atoms with van der Waals surface area (Å²) in [5.41, 5.74) is 0.126. The van der Waals surface area contributed by atoms with E-state index in [1.54, 1.807) is 6.07 Å². The van der Waals surface area contributed by atoms with E-state index in [-0.39, 0.29) is 5.56 Å². The number of carbonyl (C=O) groups excluding carboxylic acids is 1. The van der Waals surface area contributed by atoms with Gasteiger partial charge < -0.3 is 0 Å². The van der Waals surface area contributed by atoms with Crippen molar-refractivity contribution in [3.05, 3.63) is 35.0 Å². The fourth-order valence-corrected chi connectivity index (χ4v) is 1.89. The molecule has 0 amide bonds. The second kappa shape index (κ2) is 2.68. The molecule has 2 rings (SSSR count). The Morgan fingerprint density at radius 1 is 1.42 bits per heavy atom. The fourth-order valence-electron chi connectivity index (χ4n) is 1.09. The lowest BCUT2D eigenvalue weighted by atomic mass is 10.2. The molecule has 2 aromatic rings. The van der Waals surface area contributed by atoms with Crippen LogP contribution in [0.25, 0.3) is 10.1 Å². The van der Waals surface area contributed by atoms with Crippen LogP contribution in [0.3, 0.4) is 0 Å². The molecule has 1 nitrogen and oxygen atoms in total. The Morgan fingerprint density at radius 3 is 3.00 bits per heavy atom. The van der Waals surface area contributed by atoms with Crippen LogP contribution in [0.2, 0.25) is 0 Å². The molecule has 0 radical (unpaired) electrons. The molecule has 0 aliphatic heterocycles. The second-order valence-corrected chi connectivity index (χ2v) is 3.40. The van der Waals surface area contributed by atoms with Crippen LogP contribution in [-0.4, -0.2) is 6.29 Å². The molecular weight excluding hydrogens is 175 g/mol. The quantitative estimate of drug-likeness (QED) is 0.617. The van der Waals surface area contributed by atoms with Gasteiger partial charge in [-0.05, 0) is 29.0 Å². The first kappa shape index (κ1) is 7.43. The van der Waals surface area contributed by atoms with E-state index in [1.165, 1.54) is 17.4 Å².